The highest BCUT2D eigenvalue weighted by molar-refractivity contribution is 5.98. The molecule has 0 saturated heterocycles. The third kappa shape index (κ3) is 4.43. The maximum Gasteiger partial charge on any atom is 0.256 e. The van der Waals surface area contributed by atoms with E-state index in [4.69, 9.17) is 5.73 Å². The number of carbonyl (C=O) groups excluding carboxylic acids is 1. The maximum atomic E-state index is 12.4. The van der Waals surface area contributed by atoms with Crippen molar-refractivity contribution in [2.75, 3.05) is 23.7 Å². The van der Waals surface area contributed by atoms with Crippen molar-refractivity contribution in [2.45, 2.75) is 13.0 Å². The average molecular weight is 385 g/mol. The average Bonchev–Trinajstić information content (AvgIpc) is 2.79. The SMILES string of the molecule is Nc1nc(N2CC=C(c3ccccc3)CC2)ncc1C(=O)NCc1ccccc1. The summed E-state index contributed by atoms with van der Waals surface area (Å²) < 4.78 is 0. The first kappa shape index (κ1) is 18.7. The molecule has 29 heavy (non-hydrogen) atoms. The van der Waals surface area contributed by atoms with Gasteiger partial charge in [0.2, 0.25) is 5.95 Å². The van der Waals surface area contributed by atoms with Crippen LogP contribution in [0.5, 0.6) is 0 Å². The van der Waals surface area contributed by atoms with Crippen LogP contribution in [0.2, 0.25) is 0 Å². The van der Waals surface area contributed by atoms with E-state index < -0.39 is 0 Å². The van der Waals surface area contributed by atoms with Gasteiger partial charge in [0.25, 0.3) is 5.91 Å². The fraction of sp³-hybridized carbons (Fsp3) is 0.174. The number of hydrogen-bond acceptors (Lipinski definition) is 5. The summed E-state index contributed by atoms with van der Waals surface area (Å²) in [5.74, 6) is 0.465. The Labute approximate surface area is 170 Å². The molecule has 2 aromatic carbocycles. The first-order valence-electron chi connectivity index (χ1n) is 9.65. The molecule has 0 atom stereocenters. The smallest absolute Gasteiger partial charge is 0.256 e. The summed E-state index contributed by atoms with van der Waals surface area (Å²) in [6, 6.07) is 20.1. The summed E-state index contributed by atoms with van der Waals surface area (Å²) in [5, 5.41) is 2.86. The van der Waals surface area contributed by atoms with Crippen LogP contribution < -0.4 is 16.0 Å². The normalized spacial score (nSPS) is 13.7. The van der Waals surface area contributed by atoms with Gasteiger partial charge in [0, 0.05) is 25.8 Å². The van der Waals surface area contributed by atoms with Gasteiger partial charge in [-0.15, -0.1) is 0 Å². The Morgan fingerprint density at radius 2 is 1.79 bits per heavy atom. The summed E-state index contributed by atoms with van der Waals surface area (Å²) in [6.45, 7) is 1.95. The van der Waals surface area contributed by atoms with Crippen molar-refractivity contribution >= 4 is 23.2 Å². The van der Waals surface area contributed by atoms with Gasteiger partial charge in [0.1, 0.15) is 5.82 Å². The summed E-state index contributed by atoms with van der Waals surface area (Å²) in [5.41, 5.74) is 9.95. The van der Waals surface area contributed by atoms with E-state index in [0.717, 1.165) is 18.5 Å². The van der Waals surface area contributed by atoms with Gasteiger partial charge in [-0.25, -0.2) is 4.98 Å². The molecule has 0 radical (unpaired) electrons. The molecular weight excluding hydrogens is 362 g/mol. The fourth-order valence-electron chi connectivity index (χ4n) is 3.35. The van der Waals surface area contributed by atoms with Crippen LogP contribution in [-0.2, 0) is 6.54 Å². The minimum atomic E-state index is -0.275. The predicted molar refractivity (Wildman–Crippen MR) is 115 cm³/mol. The number of amides is 1. The molecule has 2 heterocycles. The quantitative estimate of drug-likeness (QED) is 0.704. The number of hydrogen-bond donors (Lipinski definition) is 2. The Morgan fingerprint density at radius 1 is 1.07 bits per heavy atom. The molecule has 0 bridgehead atoms. The second-order valence-corrected chi connectivity index (χ2v) is 6.93. The monoisotopic (exact) mass is 385 g/mol. The molecule has 1 aromatic heterocycles. The number of nitrogens with one attached hydrogen (secondary N) is 1. The summed E-state index contributed by atoms with van der Waals surface area (Å²) in [7, 11) is 0. The summed E-state index contributed by atoms with van der Waals surface area (Å²) in [6.07, 6.45) is 4.61. The van der Waals surface area contributed by atoms with Crippen LogP contribution in [0.25, 0.3) is 5.57 Å². The van der Waals surface area contributed by atoms with Gasteiger partial charge in [-0.1, -0.05) is 66.7 Å². The van der Waals surface area contributed by atoms with E-state index >= 15 is 0 Å². The van der Waals surface area contributed by atoms with E-state index in [1.807, 2.05) is 48.5 Å². The number of nitrogen functional groups attached to an aromatic ring is 1. The lowest BCUT2D eigenvalue weighted by atomic mass is 10.00. The Balaban J connectivity index is 1.41. The Hall–Kier alpha value is -3.67. The lowest BCUT2D eigenvalue weighted by Gasteiger charge is -2.27. The van der Waals surface area contributed by atoms with Gasteiger partial charge in [0.05, 0.1) is 5.56 Å². The van der Waals surface area contributed by atoms with E-state index in [1.54, 1.807) is 0 Å². The van der Waals surface area contributed by atoms with Crippen LogP contribution in [0.3, 0.4) is 0 Å². The highest BCUT2D eigenvalue weighted by Crippen LogP contribution is 2.24. The molecule has 1 aliphatic heterocycles. The Bertz CT molecular complexity index is 1020. The molecule has 146 valence electrons. The molecule has 0 fully saturated rings. The van der Waals surface area contributed by atoms with Gasteiger partial charge in [-0.05, 0) is 23.1 Å². The van der Waals surface area contributed by atoms with Gasteiger partial charge in [-0.3, -0.25) is 4.79 Å². The number of benzene rings is 2. The number of anilines is 2. The van der Waals surface area contributed by atoms with E-state index in [1.165, 1.54) is 17.3 Å². The third-order valence-corrected chi connectivity index (χ3v) is 4.98. The van der Waals surface area contributed by atoms with Crippen molar-refractivity contribution in [3.63, 3.8) is 0 Å². The zero-order valence-corrected chi connectivity index (χ0v) is 16.1. The first-order chi connectivity index (χ1) is 14.2. The lowest BCUT2D eigenvalue weighted by Crippen LogP contribution is -2.31. The van der Waals surface area contributed by atoms with Gasteiger partial charge in [-0.2, -0.15) is 4.98 Å². The molecule has 6 heteroatoms. The van der Waals surface area contributed by atoms with Crippen LogP contribution in [0.15, 0.2) is 72.9 Å². The van der Waals surface area contributed by atoms with E-state index in [9.17, 15) is 4.79 Å². The van der Waals surface area contributed by atoms with Crippen molar-refractivity contribution in [2.24, 2.45) is 0 Å². The molecule has 0 saturated carbocycles. The molecule has 6 nitrogen and oxygen atoms in total. The number of carbonyl (C=O) groups is 1. The molecule has 3 aromatic rings. The molecular formula is C23H23N5O. The molecule has 0 unspecified atom stereocenters. The van der Waals surface area contributed by atoms with Crippen LogP contribution in [0.1, 0.15) is 27.9 Å². The molecule has 3 N–H and O–H groups in total. The second-order valence-electron chi connectivity index (χ2n) is 6.93. The number of nitrogens with two attached hydrogens (primary N) is 1. The Morgan fingerprint density at radius 3 is 2.45 bits per heavy atom. The zero-order valence-electron chi connectivity index (χ0n) is 16.1. The van der Waals surface area contributed by atoms with E-state index in [0.29, 0.717) is 24.6 Å². The number of nitrogens with zero attached hydrogens (tertiary/aromatic N) is 3. The van der Waals surface area contributed by atoms with E-state index in [2.05, 4.69) is 38.4 Å². The summed E-state index contributed by atoms with van der Waals surface area (Å²) in [4.78, 5) is 23.3. The first-order valence-corrected chi connectivity index (χ1v) is 9.65. The topological polar surface area (TPSA) is 84.1 Å². The minimum absolute atomic E-state index is 0.193. The molecule has 1 amide bonds. The van der Waals surface area contributed by atoms with Crippen molar-refractivity contribution in [1.29, 1.82) is 0 Å². The second kappa shape index (κ2) is 8.56. The summed E-state index contributed by atoms with van der Waals surface area (Å²) >= 11 is 0. The van der Waals surface area contributed by atoms with E-state index in [-0.39, 0.29) is 11.7 Å². The largest absolute Gasteiger partial charge is 0.383 e. The van der Waals surface area contributed by atoms with Crippen molar-refractivity contribution < 1.29 is 4.79 Å². The zero-order chi connectivity index (χ0) is 20.1. The number of aromatic nitrogens is 2. The predicted octanol–water partition coefficient (Wildman–Crippen LogP) is 3.28. The van der Waals surface area contributed by atoms with Crippen molar-refractivity contribution in [3.8, 4) is 0 Å². The highest BCUT2D eigenvalue weighted by atomic mass is 16.1. The third-order valence-electron chi connectivity index (χ3n) is 4.98. The van der Waals surface area contributed by atoms with Crippen LogP contribution in [0.4, 0.5) is 11.8 Å². The fourth-order valence-corrected chi connectivity index (χ4v) is 3.35. The van der Waals surface area contributed by atoms with Crippen LogP contribution >= 0.6 is 0 Å². The molecule has 0 spiro atoms. The number of rotatable bonds is 5. The highest BCUT2D eigenvalue weighted by Gasteiger charge is 2.18. The van der Waals surface area contributed by atoms with Gasteiger partial charge in [0.15, 0.2) is 0 Å². The van der Waals surface area contributed by atoms with Gasteiger partial charge >= 0.3 is 0 Å². The Kier molecular flexibility index (Phi) is 5.52. The molecule has 0 aliphatic carbocycles. The van der Waals surface area contributed by atoms with Crippen LogP contribution in [0, 0.1) is 0 Å². The standard InChI is InChI=1S/C23H23N5O/c24-21-20(22(29)25-15-17-7-3-1-4-8-17)16-26-23(27-21)28-13-11-19(12-14-28)18-9-5-2-6-10-18/h1-11,16H,12-15H2,(H,25,29)(H2,24,26,27). The minimum Gasteiger partial charge on any atom is -0.383 e. The molecule has 1 aliphatic rings. The van der Waals surface area contributed by atoms with Crippen molar-refractivity contribution in [3.05, 3.63) is 89.6 Å². The van der Waals surface area contributed by atoms with Gasteiger partial charge < -0.3 is 16.0 Å². The van der Waals surface area contributed by atoms with Crippen LogP contribution in [-0.4, -0.2) is 29.0 Å². The lowest BCUT2D eigenvalue weighted by molar-refractivity contribution is 0.0951. The molecule has 4 rings (SSSR count). The maximum absolute atomic E-state index is 12.4. The van der Waals surface area contributed by atoms with Crippen molar-refractivity contribution in [1.82, 2.24) is 15.3 Å².